The predicted octanol–water partition coefficient (Wildman–Crippen LogP) is 4.30. The molecule has 2 atom stereocenters. The average Bonchev–Trinajstić information content (AvgIpc) is 2.88. The topological polar surface area (TPSA) is 107 Å². The molecule has 0 bridgehead atoms. The van der Waals surface area contributed by atoms with E-state index in [2.05, 4.69) is 6.07 Å². The minimum absolute atomic E-state index is 0.00834. The van der Waals surface area contributed by atoms with Crippen molar-refractivity contribution in [3.8, 4) is 34.4 Å². The molecule has 0 saturated heterocycles. The fourth-order valence-electron chi connectivity index (χ4n) is 4.35. The van der Waals surface area contributed by atoms with E-state index in [1.807, 2.05) is 48.5 Å². The first-order valence-corrected chi connectivity index (χ1v) is 10.6. The maximum absolute atomic E-state index is 10.9. The van der Waals surface area contributed by atoms with Gasteiger partial charge in [0.25, 0.3) is 0 Å². The van der Waals surface area contributed by atoms with Crippen LogP contribution >= 0.6 is 0 Å². The zero-order chi connectivity index (χ0) is 23.8. The van der Waals surface area contributed by atoms with Gasteiger partial charge < -0.3 is 29.8 Å². The predicted molar refractivity (Wildman–Crippen MR) is 126 cm³/mol. The van der Waals surface area contributed by atoms with Crippen molar-refractivity contribution in [1.82, 2.24) is 0 Å². The Hall–Kier alpha value is -4.41. The van der Waals surface area contributed by atoms with E-state index in [0.29, 0.717) is 28.4 Å². The molecule has 0 amide bonds. The summed E-state index contributed by atoms with van der Waals surface area (Å²) in [6, 6.07) is 22.8. The van der Waals surface area contributed by atoms with Gasteiger partial charge in [0.1, 0.15) is 34.7 Å². The summed E-state index contributed by atoms with van der Waals surface area (Å²) >= 11 is 0. The van der Waals surface area contributed by atoms with Gasteiger partial charge in [-0.25, -0.2) is 0 Å². The first-order valence-electron chi connectivity index (χ1n) is 10.6. The Bertz CT molecular complexity index is 1370. The molecule has 170 valence electrons. The van der Waals surface area contributed by atoms with Crippen molar-refractivity contribution < 1.29 is 24.1 Å². The zero-order valence-electron chi connectivity index (χ0n) is 18.6. The first-order chi connectivity index (χ1) is 16.5. The van der Waals surface area contributed by atoms with Gasteiger partial charge in [0, 0.05) is 0 Å². The van der Waals surface area contributed by atoms with Crippen molar-refractivity contribution in [3.05, 3.63) is 94.9 Å². The number of aliphatic hydroxyl groups excluding tert-OH is 1. The first kappa shape index (κ1) is 21.4. The summed E-state index contributed by atoms with van der Waals surface area (Å²) in [5.74, 6) is 1.52. The van der Waals surface area contributed by atoms with Crippen molar-refractivity contribution in [2.45, 2.75) is 12.2 Å². The molecule has 2 aliphatic heterocycles. The highest BCUT2D eigenvalue weighted by Gasteiger charge is 2.41. The number of nitriles is 1. The second-order valence-electron chi connectivity index (χ2n) is 7.90. The molecular formula is C27H22N2O5. The molecule has 2 unspecified atom stereocenters. The Morgan fingerprint density at radius 1 is 0.941 bits per heavy atom. The van der Waals surface area contributed by atoms with E-state index in [9.17, 15) is 10.4 Å². The molecule has 2 aliphatic rings. The second-order valence-corrected chi connectivity index (χ2v) is 7.90. The minimum atomic E-state index is -1.31. The molecule has 0 fully saturated rings. The normalized spacial score (nSPS) is 18.8. The molecular weight excluding hydrogens is 432 g/mol. The Kier molecular flexibility index (Phi) is 5.36. The van der Waals surface area contributed by atoms with Gasteiger partial charge in [0.15, 0.2) is 0 Å². The van der Waals surface area contributed by atoms with Gasteiger partial charge >= 0.3 is 0 Å². The van der Waals surface area contributed by atoms with Crippen LogP contribution in [0.5, 0.6) is 17.2 Å². The lowest BCUT2D eigenvalue weighted by Crippen LogP contribution is -2.33. The van der Waals surface area contributed by atoms with Crippen molar-refractivity contribution in [2.75, 3.05) is 14.2 Å². The van der Waals surface area contributed by atoms with Gasteiger partial charge in [-0.2, -0.15) is 5.26 Å². The minimum Gasteiger partial charge on any atom is -0.497 e. The van der Waals surface area contributed by atoms with Crippen molar-refractivity contribution in [1.29, 1.82) is 5.26 Å². The van der Waals surface area contributed by atoms with Crippen LogP contribution in [0.25, 0.3) is 16.9 Å². The molecule has 3 aromatic carbocycles. The highest BCUT2D eigenvalue weighted by atomic mass is 16.6. The average molecular weight is 454 g/mol. The quantitative estimate of drug-likeness (QED) is 0.605. The van der Waals surface area contributed by atoms with Gasteiger partial charge in [-0.1, -0.05) is 36.4 Å². The van der Waals surface area contributed by atoms with Crippen LogP contribution in [0.1, 0.15) is 17.0 Å². The van der Waals surface area contributed by atoms with Gasteiger partial charge in [-0.15, -0.1) is 0 Å². The summed E-state index contributed by atoms with van der Waals surface area (Å²) in [6.07, 6.45) is -1.31. The van der Waals surface area contributed by atoms with Crippen LogP contribution in [0.4, 0.5) is 0 Å². The van der Waals surface area contributed by atoms with Crippen LogP contribution in [-0.4, -0.2) is 25.6 Å². The van der Waals surface area contributed by atoms with E-state index in [1.54, 1.807) is 32.4 Å². The van der Waals surface area contributed by atoms with Crippen LogP contribution in [0.2, 0.25) is 0 Å². The fourth-order valence-corrected chi connectivity index (χ4v) is 4.35. The molecule has 0 aliphatic carbocycles. The Morgan fingerprint density at radius 3 is 2.38 bits per heavy atom. The van der Waals surface area contributed by atoms with E-state index < -0.39 is 12.2 Å². The number of hydrogen-bond acceptors (Lipinski definition) is 7. The SMILES string of the molecule is COc1cccc(-c2ccc(C3C(C#N)=C(N)OC4=C3C(O)Oc3ccc(OC)cc34)cc2)c1. The summed E-state index contributed by atoms with van der Waals surface area (Å²) in [5.41, 5.74) is 10.2. The van der Waals surface area contributed by atoms with Crippen molar-refractivity contribution in [2.24, 2.45) is 5.73 Å². The third-order valence-corrected chi connectivity index (χ3v) is 6.04. The standard InChI is InChI=1S/C27H22N2O5/c1-31-18-5-3-4-17(12-18)15-6-8-16(9-7-15)23-21(14-28)26(29)34-25-20-13-19(32-2)10-11-22(20)33-27(30)24(23)25/h3-13,23,27,30H,29H2,1-2H3. The number of fused-ring (bicyclic) bond motifs is 2. The number of hydrogen-bond donors (Lipinski definition) is 2. The second kappa shape index (κ2) is 8.50. The molecule has 7 heteroatoms. The van der Waals surface area contributed by atoms with Gasteiger partial charge in [-0.05, 0) is 47.0 Å². The van der Waals surface area contributed by atoms with E-state index in [4.69, 9.17) is 24.7 Å². The molecule has 5 rings (SSSR count). The summed E-state index contributed by atoms with van der Waals surface area (Å²) in [7, 11) is 3.19. The van der Waals surface area contributed by atoms with E-state index in [0.717, 1.165) is 22.4 Å². The Balaban J connectivity index is 1.62. The lowest BCUT2D eigenvalue weighted by molar-refractivity contribution is 0.00461. The number of nitrogens with two attached hydrogens (primary N) is 1. The summed E-state index contributed by atoms with van der Waals surface area (Å²) in [4.78, 5) is 0. The molecule has 2 heterocycles. The van der Waals surface area contributed by atoms with E-state index >= 15 is 0 Å². The molecule has 3 aromatic rings. The van der Waals surface area contributed by atoms with Crippen LogP contribution < -0.4 is 19.9 Å². The fraction of sp³-hybridized carbons (Fsp3) is 0.148. The molecule has 7 nitrogen and oxygen atoms in total. The molecule has 34 heavy (non-hydrogen) atoms. The summed E-state index contributed by atoms with van der Waals surface area (Å²) < 4.78 is 22.3. The molecule has 3 N–H and O–H groups in total. The highest BCUT2D eigenvalue weighted by Crippen LogP contribution is 2.49. The zero-order valence-corrected chi connectivity index (χ0v) is 18.6. The van der Waals surface area contributed by atoms with E-state index in [1.165, 1.54) is 0 Å². The maximum atomic E-state index is 10.9. The van der Waals surface area contributed by atoms with Crippen LogP contribution in [0, 0.1) is 11.3 Å². The van der Waals surface area contributed by atoms with Crippen molar-refractivity contribution in [3.63, 3.8) is 0 Å². The number of rotatable bonds is 4. The smallest absolute Gasteiger partial charge is 0.225 e. The van der Waals surface area contributed by atoms with Crippen LogP contribution in [-0.2, 0) is 4.74 Å². The van der Waals surface area contributed by atoms with Gasteiger partial charge in [-0.3, -0.25) is 0 Å². The third kappa shape index (κ3) is 3.51. The summed E-state index contributed by atoms with van der Waals surface area (Å²) in [6.45, 7) is 0. The lowest BCUT2D eigenvalue weighted by atomic mass is 9.80. The lowest BCUT2D eigenvalue weighted by Gasteiger charge is -2.35. The molecule has 0 spiro atoms. The summed E-state index contributed by atoms with van der Waals surface area (Å²) in [5, 5.41) is 20.8. The Labute approximate surface area is 196 Å². The molecule has 0 radical (unpaired) electrons. The molecule has 0 aromatic heterocycles. The van der Waals surface area contributed by atoms with Gasteiger partial charge in [0.05, 0.1) is 31.3 Å². The van der Waals surface area contributed by atoms with Gasteiger partial charge in [0.2, 0.25) is 12.2 Å². The number of benzene rings is 3. The Morgan fingerprint density at radius 2 is 1.68 bits per heavy atom. The van der Waals surface area contributed by atoms with Crippen LogP contribution in [0.3, 0.4) is 0 Å². The number of ether oxygens (including phenoxy) is 4. The third-order valence-electron chi connectivity index (χ3n) is 6.04. The largest absolute Gasteiger partial charge is 0.497 e. The van der Waals surface area contributed by atoms with Crippen molar-refractivity contribution >= 4 is 5.76 Å². The van der Waals surface area contributed by atoms with Crippen LogP contribution in [0.15, 0.2) is 83.8 Å². The number of methoxy groups -OCH3 is 2. The maximum Gasteiger partial charge on any atom is 0.225 e. The number of aliphatic hydroxyl groups is 1. The molecule has 0 saturated carbocycles. The number of allylic oxidation sites excluding steroid dienone is 1. The van der Waals surface area contributed by atoms with E-state index in [-0.39, 0.29) is 11.5 Å². The number of nitrogens with zero attached hydrogens (tertiary/aromatic N) is 1. The monoisotopic (exact) mass is 454 g/mol. The highest BCUT2D eigenvalue weighted by molar-refractivity contribution is 5.77.